The number of nitrogens with zero attached hydrogens (tertiary/aromatic N) is 3. The minimum atomic E-state index is -0.0267. The molecule has 0 spiro atoms. The Morgan fingerprint density at radius 1 is 1.35 bits per heavy atom. The Hall–Kier alpha value is -1.87. The number of aromatic amines is 1. The van der Waals surface area contributed by atoms with Gasteiger partial charge in [0.2, 0.25) is 5.13 Å². The van der Waals surface area contributed by atoms with E-state index < -0.39 is 0 Å². The van der Waals surface area contributed by atoms with E-state index in [0.29, 0.717) is 11.3 Å². The molecule has 140 valence electrons. The average molecular weight is 394 g/mol. The summed E-state index contributed by atoms with van der Waals surface area (Å²) in [6, 6.07) is 1.65. The second kappa shape index (κ2) is 9.18. The molecule has 0 atom stereocenters. The van der Waals surface area contributed by atoms with Gasteiger partial charge in [0.15, 0.2) is 10.1 Å². The third-order valence-electron chi connectivity index (χ3n) is 4.17. The maximum absolute atomic E-state index is 12.4. The monoisotopic (exact) mass is 393 g/mol. The number of carbonyl (C=O) groups is 2. The molecule has 1 amide bonds. The van der Waals surface area contributed by atoms with Gasteiger partial charge in [0.25, 0.3) is 5.91 Å². The van der Waals surface area contributed by atoms with Gasteiger partial charge in [-0.25, -0.2) is 0 Å². The summed E-state index contributed by atoms with van der Waals surface area (Å²) in [7, 11) is 0. The van der Waals surface area contributed by atoms with Gasteiger partial charge < -0.3 is 15.2 Å². The summed E-state index contributed by atoms with van der Waals surface area (Å²) in [6.45, 7) is 4.61. The van der Waals surface area contributed by atoms with Gasteiger partial charge in [0.05, 0.1) is 5.75 Å². The number of Topliss-reactive ketones (excluding diaryl/α,β-unsaturated/α-hetero) is 1. The Morgan fingerprint density at radius 2 is 2.15 bits per heavy atom. The summed E-state index contributed by atoms with van der Waals surface area (Å²) in [5, 5.41) is 12.2. The van der Waals surface area contributed by atoms with Crippen molar-refractivity contribution in [3.63, 3.8) is 0 Å². The minimum absolute atomic E-state index is 0.0255. The lowest BCUT2D eigenvalue weighted by Gasteiger charge is -2.13. The first-order chi connectivity index (χ1) is 12.7. The third kappa shape index (κ3) is 4.85. The van der Waals surface area contributed by atoms with Crippen LogP contribution in [-0.2, 0) is 0 Å². The Kier molecular flexibility index (Phi) is 6.67. The average Bonchev–Trinajstić information content (AvgIpc) is 3.40. The van der Waals surface area contributed by atoms with E-state index in [1.54, 1.807) is 12.3 Å². The number of hydrogen-bond acceptors (Lipinski definition) is 7. The van der Waals surface area contributed by atoms with Gasteiger partial charge >= 0.3 is 0 Å². The maximum Gasteiger partial charge on any atom is 0.270 e. The van der Waals surface area contributed by atoms with Crippen molar-refractivity contribution < 1.29 is 9.59 Å². The predicted octanol–water partition coefficient (Wildman–Crippen LogP) is 3.29. The molecule has 1 aliphatic heterocycles. The van der Waals surface area contributed by atoms with Crippen LogP contribution in [0.2, 0.25) is 0 Å². The van der Waals surface area contributed by atoms with Gasteiger partial charge in [-0.15, -0.1) is 10.2 Å². The number of H-pyrrole nitrogens is 1. The van der Waals surface area contributed by atoms with E-state index >= 15 is 0 Å². The number of carbonyl (C=O) groups excluding carboxylic acids is 2. The predicted molar refractivity (Wildman–Crippen MR) is 104 cm³/mol. The fourth-order valence-electron chi connectivity index (χ4n) is 2.69. The summed E-state index contributed by atoms with van der Waals surface area (Å²) < 4.78 is 0.765. The van der Waals surface area contributed by atoms with Crippen LogP contribution < -0.4 is 5.32 Å². The van der Waals surface area contributed by atoms with Crippen molar-refractivity contribution in [2.24, 2.45) is 0 Å². The molecule has 0 unspecified atom stereocenters. The fourth-order valence-corrected chi connectivity index (χ4v) is 4.36. The lowest BCUT2D eigenvalue weighted by atomic mass is 10.2. The SMILES string of the molecule is CCCCNc1nnc(SCC(=O)c2c[nH]c(C(=O)N3CCCC3)c2)s1. The highest BCUT2D eigenvalue weighted by atomic mass is 32.2. The second-order valence-corrected chi connectivity index (χ2v) is 8.37. The van der Waals surface area contributed by atoms with E-state index in [9.17, 15) is 9.59 Å². The fraction of sp³-hybridized carbons (Fsp3) is 0.529. The molecule has 26 heavy (non-hydrogen) atoms. The van der Waals surface area contributed by atoms with Crippen molar-refractivity contribution in [3.8, 4) is 0 Å². The molecule has 1 fully saturated rings. The second-order valence-electron chi connectivity index (χ2n) is 6.17. The van der Waals surface area contributed by atoms with Gasteiger partial charge in [0, 0.05) is 31.4 Å². The lowest BCUT2D eigenvalue weighted by molar-refractivity contribution is 0.0787. The Labute approximate surface area is 161 Å². The molecular formula is C17H23N5O2S2. The number of hydrogen-bond donors (Lipinski definition) is 2. The molecule has 0 saturated carbocycles. The molecule has 2 aromatic heterocycles. The van der Waals surface area contributed by atoms with Crippen LogP contribution in [0.5, 0.6) is 0 Å². The number of likely N-dealkylation sites (tertiary alicyclic amines) is 1. The normalized spacial score (nSPS) is 14.0. The molecule has 7 nitrogen and oxygen atoms in total. The van der Waals surface area contributed by atoms with Crippen molar-refractivity contribution in [2.45, 2.75) is 36.9 Å². The van der Waals surface area contributed by atoms with Crippen LogP contribution in [0.1, 0.15) is 53.5 Å². The van der Waals surface area contributed by atoms with E-state index in [1.807, 2.05) is 4.90 Å². The van der Waals surface area contributed by atoms with E-state index in [1.165, 1.54) is 23.1 Å². The zero-order valence-electron chi connectivity index (χ0n) is 14.8. The van der Waals surface area contributed by atoms with Gasteiger partial charge in [-0.1, -0.05) is 36.4 Å². The minimum Gasteiger partial charge on any atom is -0.360 e. The van der Waals surface area contributed by atoms with Crippen LogP contribution >= 0.6 is 23.1 Å². The van der Waals surface area contributed by atoms with Gasteiger partial charge in [-0.2, -0.15) is 0 Å². The van der Waals surface area contributed by atoms with Crippen LogP contribution in [0, 0.1) is 0 Å². The van der Waals surface area contributed by atoms with E-state index in [-0.39, 0.29) is 17.4 Å². The Bertz CT molecular complexity index is 752. The van der Waals surface area contributed by atoms with Crippen molar-refractivity contribution in [3.05, 3.63) is 23.5 Å². The highest BCUT2D eigenvalue weighted by Gasteiger charge is 2.21. The van der Waals surface area contributed by atoms with Crippen molar-refractivity contribution >= 4 is 39.9 Å². The van der Waals surface area contributed by atoms with Crippen LogP contribution in [0.15, 0.2) is 16.6 Å². The molecule has 2 N–H and O–H groups in total. The van der Waals surface area contributed by atoms with E-state index in [0.717, 1.165) is 54.8 Å². The molecule has 1 aliphatic rings. The number of rotatable bonds is 9. The first-order valence-electron chi connectivity index (χ1n) is 8.88. The molecule has 0 bridgehead atoms. The van der Waals surface area contributed by atoms with Crippen molar-refractivity contribution in [1.82, 2.24) is 20.1 Å². The largest absolute Gasteiger partial charge is 0.360 e. The van der Waals surface area contributed by atoms with Crippen LogP contribution in [0.3, 0.4) is 0 Å². The van der Waals surface area contributed by atoms with Gasteiger partial charge in [0.1, 0.15) is 5.69 Å². The van der Waals surface area contributed by atoms with Crippen LogP contribution in [-0.4, -0.2) is 57.2 Å². The highest BCUT2D eigenvalue weighted by molar-refractivity contribution is 8.01. The molecular weight excluding hydrogens is 370 g/mol. The Morgan fingerprint density at radius 3 is 2.92 bits per heavy atom. The molecule has 0 aromatic carbocycles. The van der Waals surface area contributed by atoms with E-state index in [2.05, 4.69) is 27.4 Å². The summed E-state index contributed by atoms with van der Waals surface area (Å²) in [4.78, 5) is 29.5. The number of unbranched alkanes of at least 4 members (excludes halogenated alkanes) is 1. The zero-order valence-corrected chi connectivity index (χ0v) is 16.4. The molecule has 0 radical (unpaired) electrons. The number of thioether (sulfide) groups is 1. The third-order valence-corrected chi connectivity index (χ3v) is 6.18. The summed E-state index contributed by atoms with van der Waals surface area (Å²) in [6.07, 6.45) is 5.93. The van der Waals surface area contributed by atoms with Crippen molar-refractivity contribution in [2.75, 3.05) is 30.7 Å². The topological polar surface area (TPSA) is 91.0 Å². The molecule has 1 saturated heterocycles. The first kappa shape index (κ1) is 18.9. The van der Waals surface area contributed by atoms with Crippen LogP contribution in [0.4, 0.5) is 5.13 Å². The number of amides is 1. The number of aromatic nitrogens is 3. The Balaban J connectivity index is 1.50. The quantitative estimate of drug-likeness (QED) is 0.386. The van der Waals surface area contributed by atoms with Gasteiger partial charge in [-0.3, -0.25) is 9.59 Å². The zero-order chi connectivity index (χ0) is 18.4. The molecule has 3 rings (SSSR count). The number of anilines is 1. The lowest BCUT2D eigenvalue weighted by Crippen LogP contribution is -2.27. The standard InChI is InChI=1S/C17H23N5O2S2/c1-2-3-6-18-16-20-21-17(26-16)25-11-14(23)12-9-13(19-10-12)15(24)22-7-4-5-8-22/h9-10,19H,2-8,11H2,1H3,(H,18,20). The highest BCUT2D eigenvalue weighted by Crippen LogP contribution is 2.26. The number of ketones is 1. The first-order valence-corrected chi connectivity index (χ1v) is 10.7. The molecule has 0 aliphatic carbocycles. The number of nitrogens with one attached hydrogen (secondary N) is 2. The van der Waals surface area contributed by atoms with Crippen LogP contribution in [0.25, 0.3) is 0 Å². The van der Waals surface area contributed by atoms with Gasteiger partial charge in [-0.05, 0) is 25.3 Å². The maximum atomic E-state index is 12.4. The summed E-state index contributed by atoms with van der Waals surface area (Å²) in [5.74, 6) is 0.224. The summed E-state index contributed by atoms with van der Waals surface area (Å²) >= 11 is 2.83. The summed E-state index contributed by atoms with van der Waals surface area (Å²) in [5.41, 5.74) is 1.02. The molecule has 2 aromatic rings. The van der Waals surface area contributed by atoms with E-state index in [4.69, 9.17) is 0 Å². The molecule has 9 heteroatoms. The van der Waals surface area contributed by atoms with Crippen molar-refractivity contribution in [1.29, 1.82) is 0 Å². The molecule has 3 heterocycles. The smallest absolute Gasteiger partial charge is 0.270 e.